The van der Waals surface area contributed by atoms with Gasteiger partial charge in [-0.1, -0.05) is 36.9 Å². The molecule has 1 aromatic carbocycles. The number of hydrogen-bond acceptors (Lipinski definition) is 3. The fourth-order valence-corrected chi connectivity index (χ4v) is 3.82. The van der Waals surface area contributed by atoms with Crippen LogP contribution in [0.15, 0.2) is 35.4 Å². The highest BCUT2D eigenvalue weighted by Gasteiger charge is 2.20. The fourth-order valence-electron chi connectivity index (χ4n) is 3.64. The van der Waals surface area contributed by atoms with Crippen molar-refractivity contribution in [3.8, 4) is 5.69 Å². The Hall–Kier alpha value is -2.60. The lowest BCUT2D eigenvalue weighted by molar-refractivity contribution is -0.139. The van der Waals surface area contributed by atoms with E-state index in [-0.39, 0.29) is 6.04 Å². The van der Waals surface area contributed by atoms with Crippen molar-refractivity contribution in [2.75, 3.05) is 0 Å². The van der Waals surface area contributed by atoms with E-state index in [1.54, 1.807) is 6.21 Å². The Balaban J connectivity index is 1.63. The average molecular weight is 401 g/mol. The molecular formula is C21H25ClN4O2. The van der Waals surface area contributed by atoms with E-state index < -0.39 is 11.8 Å². The van der Waals surface area contributed by atoms with Gasteiger partial charge in [0, 0.05) is 33.7 Å². The molecule has 0 spiro atoms. The lowest BCUT2D eigenvalue weighted by Gasteiger charge is -2.22. The summed E-state index contributed by atoms with van der Waals surface area (Å²) in [6.07, 6.45) is 6.78. The first kappa shape index (κ1) is 20.1. The predicted molar refractivity (Wildman–Crippen MR) is 111 cm³/mol. The highest BCUT2D eigenvalue weighted by molar-refractivity contribution is 6.35. The zero-order valence-electron chi connectivity index (χ0n) is 16.2. The Morgan fingerprint density at radius 2 is 1.89 bits per heavy atom. The van der Waals surface area contributed by atoms with Crippen LogP contribution in [0.2, 0.25) is 5.02 Å². The lowest BCUT2D eigenvalue weighted by atomic mass is 9.95. The number of carbonyl (C=O) groups excluding carboxylic acids is 2. The standard InChI is InChI=1S/C21H25ClN4O2/c1-14-11-16(15(2)26(14)19-10-6-7-17(22)12-19)13-23-25-21(28)20(27)24-18-8-4-3-5-9-18/h6-7,10-13,18H,3-5,8-9H2,1-2H3,(H,24,27)(H,25,28)/b23-13-. The van der Waals surface area contributed by atoms with Crippen LogP contribution in [0.5, 0.6) is 0 Å². The molecule has 1 aromatic heterocycles. The van der Waals surface area contributed by atoms with Crippen LogP contribution in [0, 0.1) is 13.8 Å². The van der Waals surface area contributed by atoms with Gasteiger partial charge in [-0.2, -0.15) is 5.10 Å². The summed E-state index contributed by atoms with van der Waals surface area (Å²) in [5, 5.41) is 7.40. The third-order valence-electron chi connectivity index (χ3n) is 5.05. The second-order valence-electron chi connectivity index (χ2n) is 7.15. The molecule has 0 saturated heterocycles. The molecule has 0 bridgehead atoms. The number of halogens is 1. The molecule has 7 heteroatoms. The van der Waals surface area contributed by atoms with Crippen molar-refractivity contribution in [2.24, 2.45) is 5.10 Å². The van der Waals surface area contributed by atoms with E-state index in [2.05, 4.69) is 20.4 Å². The number of nitrogens with zero attached hydrogens (tertiary/aromatic N) is 2. The maximum absolute atomic E-state index is 12.0. The van der Waals surface area contributed by atoms with Crippen molar-refractivity contribution in [1.29, 1.82) is 0 Å². The molecule has 3 rings (SSSR count). The minimum Gasteiger partial charge on any atom is -0.345 e. The van der Waals surface area contributed by atoms with Gasteiger partial charge in [-0.05, 0) is 51.0 Å². The van der Waals surface area contributed by atoms with Gasteiger partial charge in [-0.15, -0.1) is 0 Å². The van der Waals surface area contributed by atoms with E-state index in [1.807, 2.05) is 44.2 Å². The first-order valence-electron chi connectivity index (χ1n) is 9.54. The number of aromatic nitrogens is 1. The van der Waals surface area contributed by atoms with Crippen LogP contribution in [0.3, 0.4) is 0 Å². The number of nitrogens with one attached hydrogen (secondary N) is 2. The van der Waals surface area contributed by atoms with Gasteiger partial charge in [-0.3, -0.25) is 9.59 Å². The molecule has 1 aliphatic carbocycles. The van der Waals surface area contributed by atoms with Gasteiger partial charge in [0.05, 0.1) is 6.21 Å². The first-order valence-corrected chi connectivity index (χ1v) is 9.92. The maximum Gasteiger partial charge on any atom is 0.329 e. The van der Waals surface area contributed by atoms with Gasteiger partial charge in [0.2, 0.25) is 0 Å². The molecule has 2 N–H and O–H groups in total. The molecule has 0 radical (unpaired) electrons. The van der Waals surface area contributed by atoms with Crippen LogP contribution in [0.1, 0.15) is 49.1 Å². The van der Waals surface area contributed by atoms with E-state index in [0.29, 0.717) is 5.02 Å². The van der Waals surface area contributed by atoms with Gasteiger partial charge in [0.15, 0.2) is 0 Å². The van der Waals surface area contributed by atoms with Crippen molar-refractivity contribution < 1.29 is 9.59 Å². The topological polar surface area (TPSA) is 75.5 Å². The molecule has 2 aromatic rings. The number of aryl methyl sites for hydroxylation is 1. The van der Waals surface area contributed by atoms with Gasteiger partial charge < -0.3 is 9.88 Å². The van der Waals surface area contributed by atoms with Gasteiger partial charge >= 0.3 is 11.8 Å². The van der Waals surface area contributed by atoms with Gasteiger partial charge in [0.25, 0.3) is 0 Å². The lowest BCUT2D eigenvalue weighted by Crippen LogP contribution is -2.44. The Morgan fingerprint density at radius 1 is 1.14 bits per heavy atom. The minimum absolute atomic E-state index is 0.0904. The molecule has 1 saturated carbocycles. The highest BCUT2D eigenvalue weighted by atomic mass is 35.5. The van der Waals surface area contributed by atoms with Crippen molar-refractivity contribution in [2.45, 2.75) is 52.0 Å². The van der Waals surface area contributed by atoms with Crippen LogP contribution in [-0.2, 0) is 9.59 Å². The van der Waals surface area contributed by atoms with Crippen molar-refractivity contribution >= 4 is 29.6 Å². The van der Waals surface area contributed by atoms with Crippen LogP contribution in [-0.4, -0.2) is 28.6 Å². The molecule has 148 valence electrons. The van der Waals surface area contributed by atoms with Crippen molar-refractivity contribution in [1.82, 2.24) is 15.3 Å². The zero-order valence-corrected chi connectivity index (χ0v) is 16.9. The number of benzene rings is 1. The molecule has 1 heterocycles. The molecule has 6 nitrogen and oxygen atoms in total. The van der Waals surface area contributed by atoms with Crippen molar-refractivity contribution in [3.63, 3.8) is 0 Å². The molecule has 0 atom stereocenters. The number of amides is 2. The molecular weight excluding hydrogens is 376 g/mol. The van der Waals surface area contributed by atoms with E-state index in [0.717, 1.165) is 48.3 Å². The predicted octanol–water partition coefficient (Wildman–Crippen LogP) is 3.65. The summed E-state index contributed by atoms with van der Waals surface area (Å²) in [6, 6.07) is 9.65. The summed E-state index contributed by atoms with van der Waals surface area (Å²) >= 11 is 6.10. The second kappa shape index (κ2) is 9.06. The van der Waals surface area contributed by atoms with Crippen LogP contribution in [0.4, 0.5) is 0 Å². The Labute approximate surface area is 170 Å². The largest absolute Gasteiger partial charge is 0.345 e. The quantitative estimate of drug-likeness (QED) is 0.467. The van der Waals surface area contributed by atoms with Crippen LogP contribution in [0.25, 0.3) is 5.69 Å². The number of hydrazone groups is 1. The summed E-state index contributed by atoms with van der Waals surface area (Å²) in [5.74, 6) is -1.38. The van der Waals surface area contributed by atoms with E-state index >= 15 is 0 Å². The molecule has 1 fully saturated rings. The first-order chi connectivity index (χ1) is 13.5. The monoisotopic (exact) mass is 400 g/mol. The average Bonchev–Trinajstić information content (AvgIpc) is 2.96. The summed E-state index contributed by atoms with van der Waals surface area (Å²) < 4.78 is 2.06. The normalized spacial score (nSPS) is 15.0. The van der Waals surface area contributed by atoms with Gasteiger partial charge in [0.1, 0.15) is 0 Å². The summed E-state index contributed by atoms with van der Waals surface area (Å²) in [5.41, 5.74) is 6.10. The van der Waals surface area contributed by atoms with Crippen LogP contribution < -0.4 is 10.7 Å². The molecule has 2 amide bonds. The van der Waals surface area contributed by atoms with Gasteiger partial charge in [-0.25, -0.2) is 5.43 Å². The zero-order chi connectivity index (χ0) is 20.1. The van der Waals surface area contributed by atoms with Crippen molar-refractivity contribution in [3.05, 3.63) is 52.3 Å². The Morgan fingerprint density at radius 3 is 2.61 bits per heavy atom. The second-order valence-corrected chi connectivity index (χ2v) is 7.59. The smallest absolute Gasteiger partial charge is 0.329 e. The van der Waals surface area contributed by atoms with E-state index in [9.17, 15) is 9.59 Å². The molecule has 0 unspecified atom stereocenters. The fraction of sp³-hybridized carbons (Fsp3) is 0.381. The maximum atomic E-state index is 12.0. The summed E-state index contributed by atoms with van der Waals surface area (Å²) in [6.45, 7) is 3.95. The minimum atomic E-state index is -0.745. The Kier molecular flexibility index (Phi) is 6.52. The molecule has 0 aliphatic heterocycles. The third kappa shape index (κ3) is 4.81. The molecule has 28 heavy (non-hydrogen) atoms. The number of hydrogen-bond donors (Lipinski definition) is 2. The SMILES string of the molecule is Cc1cc(/C=N\NC(=O)C(=O)NC2CCCCC2)c(C)n1-c1cccc(Cl)c1. The van der Waals surface area contributed by atoms with E-state index in [1.165, 1.54) is 6.42 Å². The summed E-state index contributed by atoms with van der Waals surface area (Å²) in [4.78, 5) is 23.9. The summed E-state index contributed by atoms with van der Waals surface area (Å²) in [7, 11) is 0. The highest BCUT2D eigenvalue weighted by Crippen LogP contribution is 2.22. The third-order valence-corrected chi connectivity index (χ3v) is 5.29. The van der Waals surface area contributed by atoms with E-state index in [4.69, 9.17) is 11.6 Å². The van der Waals surface area contributed by atoms with Crippen LogP contribution >= 0.6 is 11.6 Å². The Bertz CT molecular complexity index is 898. The number of carbonyl (C=O) groups is 2. The molecule has 1 aliphatic rings. The number of rotatable bonds is 4.